The third-order valence-electron chi connectivity index (χ3n) is 3.72. The van der Waals surface area contributed by atoms with Gasteiger partial charge in [0.1, 0.15) is 5.82 Å². The molecule has 0 bridgehead atoms. The Balaban J connectivity index is 2.15. The molecular weight excluding hydrogens is 276 g/mol. The summed E-state index contributed by atoms with van der Waals surface area (Å²) in [6, 6.07) is 2.92. The van der Waals surface area contributed by atoms with E-state index in [0.717, 1.165) is 11.1 Å². The number of hydrogen-bond acceptors (Lipinski definition) is 2. The Kier molecular flexibility index (Phi) is 4.43. The number of aromatic nitrogens is 1. The molecule has 0 amide bonds. The van der Waals surface area contributed by atoms with Gasteiger partial charge < -0.3 is 4.90 Å². The molecule has 0 N–H and O–H groups in total. The van der Waals surface area contributed by atoms with Gasteiger partial charge in [-0.15, -0.1) is 0 Å². The number of rotatable bonds is 3. The van der Waals surface area contributed by atoms with Crippen molar-refractivity contribution in [3.05, 3.63) is 23.4 Å². The molecule has 2 rings (SSSR count). The molecule has 0 aliphatic heterocycles. The highest BCUT2D eigenvalue weighted by molar-refractivity contribution is 9.08. The van der Waals surface area contributed by atoms with Crippen molar-refractivity contribution in [1.82, 2.24) is 4.98 Å². The zero-order chi connectivity index (χ0) is 12.3. The quantitative estimate of drug-likeness (QED) is 0.782. The smallest absolute Gasteiger partial charge is 0.131 e. The lowest BCUT2D eigenvalue weighted by Gasteiger charge is -2.33. The third-order valence-corrected chi connectivity index (χ3v) is 4.37. The Morgan fingerprint density at radius 3 is 2.65 bits per heavy atom. The Morgan fingerprint density at radius 1 is 1.35 bits per heavy atom. The fraction of sp³-hybridized carbons (Fsp3) is 0.643. The van der Waals surface area contributed by atoms with Crippen molar-refractivity contribution < 1.29 is 0 Å². The lowest BCUT2D eigenvalue weighted by molar-refractivity contribution is 0.425. The molecule has 1 aliphatic carbocycles. The van der Waals surface area contributed by atoms with E-state index in [2.05, 4.69) is 45.9 Å². The van der Waals surface area contributed by atoms with Crippen molar-refractivity contribution in [2.24, 2.45) is 0 Å². The van der Waals surface area contributed by atoms with Crippen molar-refractivity contribution in [2.75, 3.05) is 11.9 Å². The largest absolute Gasteiger partial charge is 0.356 e. The number of aryl methyl sites for hydroxylation is 1. The van der Waals surface area contributed by atoms with Gasteiger partial charge in [-0.25, -0.2) is 4.98 Å². The molecule has 17 heavy (non-hydrogen) atoms. The predicted molar refractivity (Wildman–Crippen MR) is 76.9 cm³/mol. The molecule has 0 spiro atoms. The summed E-state index contributed by atoms with van der Waals surface area (Å²) in [5.41, 5.74) is 2.54. The first-order valence-electron chi connectivity index (χ1n) is 6.46. The van der Waals surface area contributed by atoms with Crippen LogP contribution in [0.1, 0.15) is 43.2 Å². The fourth-order valence-electron chi connectivity index (χ4n) is 2.71. The van der Waals surface area contributed by atoms with Crippen LogP contribution in [0.15, 0.2) is 12.3 Å². The zero-order valence-corrected chi connectivity index (χ0v) is 12.3. The SMILES string of the molecule is Cc1cc(CBr)cnc1N(C)C1CCCCC1. The molecule has 3 heteroatoms. The summed E-state index contributed by atoms with van der Waals surface area (Å²) in [4.78, 5) is 7.00. The lowest BCUT2D eigenvalue weighted by Crippen LogP contribution is -2.34. The number of hydrogen-bond donors (Lipinski definition) is 0. The van der Waals surface area contributed by atoms with Gasteiger partial charge in [-0.05, 0) is 30.9 Å². The number of alkyl halides is 1. The lowest BCUT2D eigenvalue weighted by atomic mass is 9.94. The highest BCUT2D eigenvalue weighted by atomic mass is 79.9. The molecule has 1 aromatic heterocycles. The highest BCUT2D eigenvalue weighted by Crippen LogP contribution is 2.27. The molecule has 2 nitrogen and oxygen atoms in total. The maximum Gasteiger partial charge on any atom is 0.131 e. The summed E-state index contributed by atoms with van der Waals surface area (Å²) in [6.45, 7) is 2.16. The average Bonchev–Trinajstić information content (AvgIpc) is 2.39. The normalized spacial score (nSPS) is 17.1. The summed E-state index contributed by atoms with van der Waals surface area (Å²) in [6.07, 6.45) is 8.76. The molecule has 0 aromatic carbocycles. The zero-order valence-electron chi connectivity index (χ0n) is 10.7. The van der Waals surface area contributed by atoms with Crippen LogP contribution in [-0.2, 0) is 5.33 Å². The maximum atomic E-state index is 4.62. The maximum absolute atomic E-state index is 4.62. The first kappa shape index (κ1) is 12.9. The van der Waals surface area contributed by atoms with Crippen LogP contribution in [-0.4, -0.2) is 18.1 Å². The van der Waals surface area contributed by atoms with E-state index in [9.17, 15) is 0 Å². The molecule has 1 aromatic rings. The van der Waals surface area contributed by atoms with Gasteiger partial charge in [0.25, 0.3) is 0 Å². The Hall–Kier alpha value is -0.570. The highest BCUT2D eigenvalue weighted by Gasteiger charge is 2.20. The topological polar surface area (TPSA) is 16.1 Å². The van der Waals surface area contributed by atoms with Gasteiger partial charge in [0, 0.05) is 24.6 Å². The minimum absolute atomic E-state index is 0.685. The molecule has 1 heterocycles. The molecule has 1 saturated carbocycles. The van der Waals surface area contributed by atoms with Crippen LogP contribution in [0.2, 0.25) is 0 Å². The monoisotopic (exact) mass is 296 g/mol. The molecular formula is C14H21BrN2. The van der Waals surface area contributed by atoms with Crippen molar-refractivity contribution in [3.8, 4) is 0 Å². The van der Waals surface area contributed by atoms with Crippen LogP contribution in [0, 0.1) is 6.92 Å². The standard InChI is InChI=1S/C14H21BrN2/c1-11-8-12(9-15)10-16-14(11)17(2)13-6-4-3-5-7-13/h8,10,13H,3-7,9H2,1-2H3. The second kappa shape index (κ2) is 5.85. The van der Waals surface area contributed by atoms with Crippen LogP contribution >= 0.6 is 15.9 Å². The van der Waals surface area contributed by atoms with Gasteiger partial charge in [0.2, 0.25) is 0 Å². The minimum Gasteiger partial charge on any atom is -0.356 e. The van der Waals surface area contributed by atoms with Gasteiger partial charge in [-0.2, -0.15) is 0 Å². The number of anilines is 1. The average molecular weight is 297 g/mol. The molecule has 1 fully saturated rings. The molecule has 94 valence electrons. The van der Waals surface area contributed by atoms with Gasteiger partial charge >= 0.3 is 0 Å². The van der Waals surface area contributed by atoms with Crippen molar-refractivity contribution in [1.29, 1.82) is 0 Å². The summed E-state index contributed by atoms with van der Waals surface area (Å²) in [7, 11) is 2.19. The molecule has 0 atom stereocenters. The number of nitrogens with zero attached hydrogens (tertiary/aromatic N) is 2. The van der Waals surface area contributed by atoms with Crippen molar-refractivity contribution >= 4 is 21.7 Å². The Morgan fingerprint density at radius 2 is 2.06 bits per heavy atom. The van der Waals surface area contributed by atoms with Gasteiger partial charge in [-0.3, -0.25) is 0 Å². The molecule has 0 saturated heterocycles. The molecule has 1 aliphatic rings. The number of pyridine rings is 1. The summed E-state index contributed by atoms with van der Waals surface area (Å²) in [5.74, 6) is 1.15. The van der Waals surface area contributed by atoms with Crippen LogP contribution in [0.25, 0.3) is 0 Å². The second-order valence-electron chi connectivity index (χ2n) is 5.02. The summed E-state index contributed by atoms with van der Waals surface area (Å²) in [5, 5.41) is 0.883. The molecule has 0 unspecified atom stereocenters. The summed E-state index contributed by atoms with van der Waals surface area (Å²) < 4.78 is 0. The van der Waals surface area contributed by atoms with Gasteiger partial charge in [0.05, 0.1) is 0 Å². The van der Waals surface area contributed by atoms with E-state index in [0.29, 0.717) is 6.04 Å². The first-order valence-corrected chi connectivity index (χ1v) is 7.59. The predicted octanol–water partition coefficient (Wildman–Crippen LogP) is 4.05. The van der Waals surface area contributed by atoms with Gasteiger partial charge in [0.15, 0.2) is 0 Å². The molecule has 0 radical (unpaired) electrons. The third kappa shape index (κ3) is 3.01. The second-order valence-corrected chi connectivity index (χ2v) is 5.58. The van der Waals surface area contributed by atoms with E-state index >= 15 is 0 Å². The van der Waals surface area contributed by atoms with Crippen LogP contribution < -0.4 is 4.90 Å². The van der Waals surface area contributed by atoms with Crippen molar-refractivity contribution in [3.63, 3.8) is 0 Å². The van der Waals surface area contributed by atoms with Crippen LogP contribution in [0.4, 0.5) is 5.82 Å². The van der Waals surface area contributed by atoms with Crippen LogP contribution in [0.5, 0.6) is 0 Å². The first-order chi connectivity index (χ1) is 8.22. The van der Waals surface area contributed by atoms with E-state index in [1.165, 1.54) is 43.2 Å². The van der Waals surface area contributed by atoms with E-state index in [1.807, 2.05) is 6.20 Å². The summed E-state index contributed by atoms with van der Waals surface area (Å²) >= 11 is 3.48. The van der Waals surface area contributed by atoms with E-state index in [1.54, 1.807) is 0 Å². The van der Waals surface area contributed by atoms with Crippen molar-refractivity contribution in [2.45, 2.75) is 50.4 Å². The van der Waals surface area contributed by atoms with Crippen LogP contribution in [0.3, 0.4) is 0 Å². The van der Waals surface area contributed by atoms with E-state index in [4.69, 9.17) is 0 Å². The minimum atomic E-state index is 0.685. The fourth-order valence-corrected chi connectivity index (χ4v) is 3.02. The Labute approximate surface area is 113 Å². The van der Waals surface area contributed by atoms with Gasteiger partial charge in [-0.1, -0.05) is 41.3 Å². The number of halogens is 1. The van der Waals surface area contributed by atoms with E-state index < -0.39 is 0 Å². The van der Waals surface area contributed by atoms with E-state index in [-0.39, 0.29) is 0 Å². The Bertz CT molecular complexity index is 372.